The molecule has 1 aromatic heterocycles. The van der Waals surface area contributed by atoms with E-state index in [9.17, 15) is 10.2 Å². The molecule has 30 heavy (non-hydrogen) atoms. The summed E-state index contributed by atoms with van der Waals surface area (Å²) in [5.74, 6) is 0.257. The number of halogens is 1. The van der Waals surface area contributed by atoms with Gasteiger partial charge in [-0.2, -0.15) is 0 Å². The Morgan fingerprint density at radius 2 is 1.83 bits per heavy atom. The Hall–Kier alpha value is -2.70. The molecule has 6 nitrogen and oxygen atoms in total. The Kier molecular flexibility index (Phi) is 5.88. The van der Waals surface area contributed by atoms with Crippen molar-refractivity contribution in [2.45, 2.75) is 33.4 Å². The van der Waals surface area contributed by atoms with Crippen molar-refractivity contribution in [1.82, 2.24) is 10.1 Å². The summed E-state index contributed by atoms with van der Waals surface area (Å²) in [7, 11) is 0. The van der Waals surface area contributed by atoms with E-state index >= 15 is 0 Å². The van der Waals surface area contributed by atoms with Crippen LogP contribution >= 0.6 is 11.6 Å². The highest BCUT2D eigenvalue weighted by Crippen LogP contribution is 2.40. The summed E-state index contributed by atoms with van der Waals surface area (Å²) in [6.07, 6.45) is 0.781. The largest absolute Gasteiger partial charge is 0.507 e. The van der Waals surface area contributed by atoms with Gasteiger partial charge >= 0.3 is 0 Å². The van der Waals surface area contributed by atoms with Crippen molar-refractivity contribution in [3.63, 3.8) is 0 Å². The van der Waals surface area contributed by atoms with Crippen molar-refractivity contribution in [2.75, 3.05) is 24.5 Å². The molecule has 7 heteroatoms. The van der Waals surface area contributed by atoms with Crippen LogP contribution in [0.3, 0.4) is 0 Å². The Bertz CT molecular complexity index is 1030. The van der Waals surface area contributed by atoms with Crippen LogP contribution in [0.15, 0.2) is 40.9 Å². The van der Waals surface area contributed by atoms with Crippen LogP contribution in [0, 0.1) is 0 Å². The van der Waals surface area contributed by atoms with Crippen molar-refractivity contribution in [2.24, 2.45) is 0 Å². The number of nitrogens with zero attached hydrogens (tertiary/aromatic N) is 3. The molecule has 3 aromatic rings. The predicted octanol–water partition coefficient (Wildman–Crippen LogP) is 4.81. The SMILES string of the molecule is CCN(CC)c1ccc(CN2CCc3noc(-c4cc(Cl)c(O)cc4O)c3C2)cc1. The number of benzene rings is 2. The number of anilines is 1. The smallest absolute Gasteiger partial charge is 0.175 e. The maximum atomic E-state index is 10.3. The van der Waals surface area contributed by atoms with E-state index in [1.165, 1.54) is 23.4 Å². The molecule has 158 valence electrons. The van der Waals surface area contributed by atoms with Crippen LogP contribution in [0.25, 0.3) is 11.3 Å². The number of aromatic hydroxyl groups is 2. The van der Waals surface area contributed by atoms with Gasteiger partial charge in [0.05, 0.1) is 16.3 Å². The first kappa shape index (κ1) is 20.6. The summed E-state index contributed by atoms with van der Waals surface area (Å²) in [4.78, 5) is 4.67. The van der Waals surface area contributed by atoms with Crippen molar-refractivity contribution in [3.8, 4) is 22.8 Å². The van der Waals surface area contributed by atoms with E-state index in [0.717, 1.165) is 43.9 Å². The maximum absolute atomic E-state index is 10.3. The lowest BCUT2D eigenvalue weighted by atomic mass is 10.0. The average molecular weight is 428 g/mol. The molecule has 4 rings (SSSR count). The summed E-state index contributed by atoms with van der Waals surface area (Å²) in [5.41, 5.74) is 4.80. The zero-order valence-corrected chi connectivity index (χ0v) is 18.0. The van der Waals surface area contributed by atoms with Crippen LogP contribution in [0.1, 0.15) is 30.7 Å². The highest BCUT2D eigenvalue weighted by molar-refractivity contribution is 6.32. The van der Waals surface area contributed by atoms with Crippen LogP contribution in [-0.2, 0) is 19.5 Å². The molecule has 0 atom stereocenters. The maximum Gasteiger partial charge on any atom is 0.175 e. The molecule has 0 saturated heterocycles. The van der Waals surface area contributed by atoms with Gasteiger partial charge in [-0.05, 0) is 37.6 Å². The zero-order valence-electron chi connectivity index (χ0n) is 17.2. The lowest BCUT2D eigenvalue weighted by Crippen LogP contribution is -2.30. The van der Waals surface area contributed by atoms with Crippen LogP contribution in [0.4, 0.5) is 5.69 Å². The molecule has 0 bridgehead atoms. The van der Waals surface area contributed by atoms with Crippen molar-refractivity contribution in [1.29, 1.82) is 0 Å². The fourth-order valence-corrected chi connectivity index (χ4v) is 4.17. The number of aromatic nitrogens is 1. The molecule has 1 aliphatic rings. The predicted molar refractivity (Wildman–Crippen MR) is 118 cm³/mol. The summed E-state index contributed by atoms with van der Waals surface area (Å²) in [6.45, 7) is 8.70. The Morgan fingerprint density at radius 1 is 1.10 bits per heavy atom. The minimum absolute atomic E-state index is 0.0834. The van der Waals surface area contributed by atoms with Crippen LogP contribution in [0.2, 0.25) is 5.02 Å². The molecule has 2 heterocycles. The lowest BCUT2D eigenvalue weighted by molar-refractivity contribution is 0.245. The summed E-state index contributed by atoms with van der Waals surface area (Å²) in [6, 6.07) is 11.5. The van der Waals surface area contributed by atoms with Gasteiger partial charge in [0.2, 0.25) is 0 Å². The Morgan fingerprint density at radius 3 is 2.53 bits per heavy atom. The van der Waals surface area contributed by atoms with Crippen LogP contribution in [0.5, 0.6) is 11.5 Å². The van der Waals surface area contributed by atoms with Gasteiger partial charge < -0.3 is 19.6 Å². The summed E-state index contributed by atoms with van der Waals surface area (Å²) in [5, 5.41) is 24.3. The topological polar surface area (TPSA) is 73.0 Å². The molecule has 0 radical (unpaired) electrons. The molecule has 0 aliphatic carbocycles. The summed E-state index contributed by atoms with van der Waals surface area (Å²) < 4.78 is 5.56. The quantitative estimate of drug-likeness (QED) is 0.588. The van der Waals surface area contributed by atoms with Gasteiger partial charge in [0.1, 0.15) is 11.5 Å². The van der Waals surface area contributed by atoms with E-state index in [-0.39, 0.29) is 16.5 Å². The molecule has 0 saturated carbocycles. The van der Waals surface area contributed by atoms with E-state index in [1.54, 1.807) is 0 Å². The molecule has 0 unspecified atom stereocenters. The van der Waals surface area contributed by atoms with Crippen molar-refractivity contribution in [3.05, 3.63) is 58.2 Å². The Balaban J connectivity index is 1.53. The van der Waals surface area contributed by atoms with E-state index in [2.05, 4.69) is 53.1 Å². The number of phenolic OH excluding ortho intramolecular Hbond substituents is 2. The minimum atomic E-state index is -0.166. The fraction of sp³-hybridized carbons (Fsp3) is 0.348. The number of hydrogen-bond acceptors (Lipinski definition) is 6. The van der Waals surface area contributed by atoms with E-state index in [1.807, 2.05) is 0 Å². The number of phenols is 2. The molecular weight excluding hydrogens is 402 g/mol. The molecule has 2 aromatic carbocycles. The van der Waals surface area contributed by atoms with Crippen LogP contribution < -0.4 is 4.90 Å². The molecular formula is C23H26ClN3O3. The molecule has 0 fully saturated rings. The first-order valence-corrected chi connectivity index (χ1v) is 10.6. The van der Waals surface area contributed by atoms with Crippen molar-refractivity contribution < 1.29 is 14.7 Å². The highest BCUT2D eigenvalue weighted by Gasteiger charge is 2.26. The highest BCUT2D eigenvalue weighted by atomic mass is 35.5. The molecule has 0 amide bonds. The van der Waals surface area contributed by atoms with Gasteiger partial charge in [-0.25, -0.2) is 0 Å². The minimum Gasteiger partial charge on any atom is -0.507 e. The van der Waals surface area contributed by atoms with Gasteiger partial charge in [0.25, 0.3) is 0 Å². The second-order valence-corrected chi connectivity index (χ2v) is 7.96. The van der Waals surface area contributed by atoms with Crippen molar-refractivity contribution >= 4 is 17.3 Å². The molecule has 2 N–H and O–H groups in total. The van der Waals surface area contributed by atoms with E-state index < -0.39 is 0 Å². The van der Waals surface area contributed by atoms with Gasteiger partial charge in [0, 0.05) is 56.5 Å². The standard InChI is InChI=1S/C23H26ClN3O3/c1-3-27(4-2)16-7-5-15(6-8-16)13-26-10-9-20-18(14-26)23(30-25-20)17-11-19(24)22(29)12-21(17)28/h5-8,11-12,28-29H,3-4,9-10,13-14H2,1-2H3. The van der Waals surface area contributed by atoms with Gasteiger partial charge in [-0.1, -0.05) is 28.9 Å². The third-order valence-corrected chi connectivity index (χ3v) is 6.00. The average Bonchev–Trinajstić information content (AvgIpc) is 3.16. The van der Waals surface area contributed by atoms with Gasteiger partial charge in [0.15, 0.2) is 5.76 Å². The zero-order chi connectivity index (χ0) is 21.3. The second-order valence-electron chi connectivity index (χ2n) is 7.56. The van der Waals surface area contributed by atoms with Gasteiger partial charge in [-0.15, -0.1) is 0 Å². The Labute approximate surface area is 181 Å². The molecule has 0 spiro atoms. The normalized spacial score (nSPS) is 14.0. The first-order chi connectivity index (χ1) is 14.5. The first-order valence-electron chi connectivity index (χ1n) is 10.3. The number of fused-ring (bicyclic) bond motifs is 1. The molecule has 1 aliphatic heterocycles. The number of hydrogen-bond donors (Lipinski definition) is 2. The fourth-order valence-electron chi connectivity index (χ4n) is 4.01. The van der Waals surface area contributed by atoms with Crippen LogP contribution in [-0.4, -0.2) is 39.9 Å². The van der Waals surface area contributed by atoms with E-state index in [0.29, 0.717) is 17.9 Å². The monoisotopic (exact) mass is 427 g/mol. The van der Waals surface area contributed by atoms with Gasteiger partial charge in [-0.3, -0.25) is 4.90 Å². The lowest BCUT2D eigenvalue weighted by Gasteiger charge is -2.27. The number of rotatable bonds is 6. The third kappa shape index (κ3) is 3.98. The third-order valence-electron chi connectivity index (χ3n) is 5.70. The second kappa shape index (κ2) is 8.58. The summed E-state index contributed by atoms with van der Waals surface area (Å²) >= 11 is 6.04. The van der Waals surface area contributed by atoms with E-state index in [4.69, 9.17) is 16.1 Å².